The Labute approximate surface area is 64.3 Å². The fourth-order valence-electron chi connectivity index (χ4n) is 0.744. The number of aryl methyl sites for hydroxylation is 1. The second-order valence-electron chi connectivity index (χ2n) is 2.28. The molecule has 1 rings (SSSR count). The maximum Gasteiger partial charge on any atom is 0.100 e. The highest BCUT2D eigenvalue weighted by Gasteiger charge is 2.05. The predicted octanol–water partition coefficient (Wildman–Crippen LogP) is 1.05. The van der Waals surface area contributed by atoms with Crippen molar-refractivity contribution in [1.82, 2.24) is 0 Å². The number of aliphatic hydroxyl groups is 1. The summed E-state index contributed by atoms with van der Waals surface area (Å²) in [6.07, 6.45) is -0.473. The van der Waals surface area contributed by atoms with Gasteiger partial charge in [0, 0.05) is 11.4 Å². The highest BCUT2D eigenvalue weighted by molar-refractivity contribution is 7.10. The van der Waals surface area contributed by atoms with E-state index in [1.54, 1.807) is 11.3 Å². The van der Waals surface area contributed by atoms with Crippen molar-refractivity contribution in [2.45, 2.75) is 13.0 Å². The average Bonchev–Trinajstić information content (AvgIpc) is 2.34. The quantitative estimate of drug-likeness (QED) is 0.674. The van der Waals surface area contributed by atoms with Crippen LogP contribution in [0.1, 0.15) is 16.5 Å². The molecule has 0 saturated heterocycles. The molecule has 1 aromatic heterocycles. The van der Waals surface area contributed by atoms with Gasteiger partial charge in [-0.25, -0.2) is 0 Å². The first-order chi connectivity index (χ1) is 4.74. The van der Waals surface area contributed by atoms with Crippen LogP contribution in [0.2, 0.25) is 0 Å². The summed E-state index contributed by atoms with van der Waals surface area (Å²) in [5.41, 5.74) is 6.46. The summed E-state index contributed by atoms with van der Waals surface area (Å²) in [5, 5.41) is 11.2. The topological polar surface area (TPSA) is 46.2 Å². The van der Waals surface area contributed by atoms with Crippen LogP contribution in [0.4, 0.5) is 0 Å². The molecule has 0 saturated carbocycles. The molecule has 0 aliphatic carbocycles. The van der Waals surface area contributed by atoms with Crippen LogP contribution < -0.4 is 5.73 Å². The molecule has 1 unspecified atom stereocenters. The molecule has 3 N–H and O–H groups in total. The number of nitrogens with two attached hydrogens (primary N) is 1. The minimum absolute atomic E-state index is 0.306. The number of hydrogen-bond acceptors (Lipinski definition) is 3. The standard InChI is InChI=1S/C7H11NOS/c1-5-2-7(10-4-5)6(9)3-8/h2,4,6,9H,3,8H2,1H3. The van der Waals surface area contributed by atoms with Gasteiger partial charge in [-0.05, 0) is 23.9 Å². The van der Waals surface area contributed by atoms with Crippen LogP contribution in [-0.4, -0.2) is 11.7 Å². The monoisotopic (exact) mass is 157 g/mol. The van der Waals surface area contributed by atoms with E-state index in [2.05, 4.69) is 0 Å². The first-order valence-corrected chi connectivity index (χ1v) is 4.05. The Balaban J connectivity index is 2.74. The van der Waals surface area contributed by atoms with Crippen LogP contribution in [0.25, 0.3) is 0 Å². The fraction of sp³-hybridized carbons (Fsp3) is 0.429. The van der Waals surface area contributed by atoms with E-state index in [0.717, 1.165) is 4.88 Å². The van der Waals surface area contributed by atoms with Gasteiger partial charge in [-0.2, -0.15) is 0 Å². The van der Waals surface area contributed by atoms with Gasteiger partial charge in [-0.15, -0.1) is 11.3 Å². The van der Waals surface area contributed by atoms with Gasteiger partial charge in [0.05, 0.1) is 0 Å². The van der Waals surface area contributed by atoms with Gasteiger partial charge in [-0.1, -0.05) is 0 Å². The van der Waals surface area contributed by atoms with Gasteiger partial charge in [0.25, 0.3) is 0 Å². The molecule has 1 heterocycles. The third kappa shape index (κ3) is 1.56. The zero-order valence-electron chi connectivity index (χ0n) is 5.87. The van der Waals surface area contributed by atoms with Crippen molar-refractivity contribution in [3.8, 4) is 0 Å². The highest BCUT2D eigenvalue weighted by Crippen LogP contribution is 2.20. The second-order valence-corrected chi connectivity index (χ2v) is 3.22. The molecule has 1 aromatic rings. The van der Waals surface area contributed by atoms with Gasteiger partial charge in [-0.3, -0.25) is 0 Å². The lowest BCUT2D eigenvalue weighted by Crippen LogP contribution is -2.09. The third-order valence-corrected chi connectivity index (χ3v) is 2.45. The highest BCUT2D eigenvalue weighted by atomic mass is 32.1. The Morgan fingerprint density at radius 1 is 1.80 bits per heavy atom. The molecular weight excluding hydrogens is 146 g/mol. The van der Waals surface area contributed by atoms with E-state index in [1.165, 1.54) is 5.56 Å². The van der Waals surface area contributed by atoms with Gasteiger partial charge in [0.15, 0.2) is 0 Å². The van der Waals surface area contributed by atoms with E-state index in [0.29, 0.717) is 6.54 Å². The van der Waals surface area contributed by atoms with Crippen LogP contribution in [0, 0.1) is 6.92 Å². The van der Waals surface area contributed by atoms with Crippen molar-refractivity contribution in [1.29, 1.82) is 0 Å². The van der Waals surface area contributed by atoms with E-state index >= 15 is 0 Å². The summed E-state index contributed by atoms with van der Waals surface area (Å²) < 4.78 is 0. The van der Waals surface area contributed by atoms with Gasteiger partial charge >= 0.3 is 0 Å². The van der Waals surface area contributed by atoms with Crippen molar-refractivity contribution < 1.29 is 5.11 Å². The molecule has 0 aliphatic rings. The number of rotatable bonds is 2. The molecule has 0 amide bonds. The van der Waals surface area contributed by atoms with Crippen LogP contribution in [0.15, 0.2) is 11.4 Å². The Hall–Kier alpha value is -0.380. The summed E-state index contributed by atoms with van der Waals surface area (Å²) in [6.45, 7) is 2.31. The zero-order valence-corrected chi connectivity index (χ0v) is 6.69. The predicted molar refractivity (Wildman–Crippen MR) is 43.1 cm³/mol. The van der Waals surface area contributed by atoms with Crippen molar-refractivity contribution in [3.63, 3.8) is 0 Å². The Kier molecular flexibility index (Phi) is 2.43. The molecule has 0 radical (unpaired) electrons. The molecule has 0 aromatic carbocycles. The molecule has 10 heavy (non-hydrogen) atoms. The number of thiophene rings is 1. The van der Waals surface area contributed by atoms with Gasteiger partial charge < -0.3 is 10.8 Å². The normalized spacial score (nSPS) is 13.5. The van der Waals surface area contributed by atoms with Crippen LogP contribution in [0.5, 0.6) is 0 Å². The van der Waals surface area contributed by atoms with Crippen LogP contribution in [-0.2, 0) is 0 Å². The first kappa shape index (κ1) is 7.72. The van der Waals surface area contributed by atoms with Gasteiger partial charge in [0.2, 0.25) is 0 Å². The molecule has 0 aliphatic heterocycles. The third-order valence-electron chi connectivity index (χ3n) is 1.30. The van der Waals surface area contributed by atoms with Gasteiger partial charge in [0.1, 0.15) is 6.10 Å². The SMILES string of the molecule is Cc1csc(C(O)CN)c1. The molecule has 0 bridgehead atoms. The van der Waals surface area contributed by atoms with Crippen molar-refractivity contribution in [2.75, 3.05) is 6.54 Å². The fourth-order valence-corrected chi connectivity index (χ4v) is 1.64. The number of aliphatic hydroxyl groups excluding tert-OH is 1. The number of hydrogen-bond donors (Lipinski definition) is 2. The largest absolute Gasteiger partial charge is 0.386 e. The maximum atomic E-state index is 9.23. The molecule has 0 spiro atoms. The minimum atomic E-state index is -0.473. The minimum Gasteiger partial charge on any atom is -0.386 e. The Morgan fingerprint density at radius 2 is 2.50 bits per heavy atom. The van der Waals surface area contributed by atoms with E-state index in [-0.39, 0.29) is 0 Å². The van der Waals surface area contributed by atoms with E-state index < -0.39 is 6.10 Å². The molecule has 0 fully saturated rings. The molecule has 3 heteroatoms. The lowest BCUT2D eigenvalue weighted by atomic mass is 10.2. The molecular formula is C7H11NOS. The first-order valence-electron chi connectivity index (χ1n) is 3.17. The Morgan fingerprint density at radius 3 is 2.90 bits per heavy atom. The summed E-state index contributed by atoms with van der Waals surface area (Å²) in [5.74, 6) is 0. The van der Waals surface area contributed by atoms with E-state index in [4.69, 9.17) is 5.73 Å². The summed E-state index contributed by atoms with van der Waals surface area (Å²) in [4.78, 5) is 0.958. The van der Waals surface area contributed by atoms with Crippen molar-refractivity contribution >= 4 is 11.3 Å². The Bertz CT molecular complexity index is 209. The van der Waals surface area contributed by atoms with E-state index in [9.17, 15) is 5.11 Å². The second kappa shape index (κ2) is 3.14. The molecule has 2 nitrogen and oxygen atoms in total. The summed E-state index contributed by atoms with van der Waals surface area (Å²) >= 11 is 1.55. The van der Waals surface area contributed by atoms with Crippen LogP contribution in [0.3, 0.4) is 0 Å². The summed E-state index contributed by atoms with van der Waals surface area (Å²) in [6, 6.07) is 1.96. The lowest BCUT2D eigenvalue weighted by Gasteiger charge is -2.01. The molecule has 56 valence electrons. The van der Waals surface area contributed by atoms with Crippen LogP contribution >= 0.6 is 11.3 Å². The smallest absolute Gasteiger partial charge is 0.100 e. The lowest BCUT2D eigenvalue weighted by molar-refractivity contribution is 0.190. The maximum absolute atomic E-state index is 9.23. The van der Waals surface area contributed by atoms with Crippen molar-refractivity contribution in [2.24, 2.45) is 5.73 Å². The molecule has 1 atom stereocenters. The van der Waals surface area contributed by atoms with E-state index in [1.807, 2.05) is 18.4 Å². The zero-order chi connectivity index (χ0) is 7.56. The van der Waals surface area contributed by atoms with Crippen molar-refractivity contribution in [3.05, 3.63) is 21.9 Å². The average molecular weight is 157 g/mol. The summed E-state index contributed by atoms with van der Waals surface area (Å²) in [7, 11) is 0.